The molecule has 5 nitrogen and oxygen atoms in total. The van der Waals surface area contributed by atoms with Gasteiger partial charge in [0.2, 0.25) is 5.91 Å². The number of nitro groups is 1. The summed E-state index contributed by atoms with van der Waals surface area (Å²) >= 11 is 3.29. The summed E-state index contributed by atoms with van der Waals surface area (Å²) in [7, 11) is 0. The Morgan fingerprint density at radius 1 is 1.10 bits per heavy atom. The number of alkyl halides is 1. The largest absolute Gasteiger partial charge is 0.325 e. The van der Waals surface area contributed by atoms with Gasteiger partial charge in [0.1, 0.15) is 4.83 Å². The average molecular weight is 335 g/mol. The molecule has 1 amide bonds. The van der Waals surface area contributed by atoms with Crippen molar-refractivity contribution >= 4 is 33.2 Å². The third-order valence-electron chi connectivity index (χ3n) is 2.67. The molecule has 0 heterocycles. The van der Waals surface area contributed by atoms with E-state index in [4.69, 9.17) is 0 Å². The van der Waals surface area contributed by atoms with Gasteiger partial charge in [0, 0.05) is 17.8 Å². The molecule has 2 rings (SSSR count). The van der Waals surface area contributed by atoms with E-state index < -0.39 is 9.75 Å². The zero-order valence-electron chi connectivity index (χ0n) is 10.3. The molecule has 2 aromatic rings. The van der Waals surface area contributed by atoms with Gasteiger partial charge in [-0.1, -0.05) is 46.3 Å². The van der Waals surface area contributed by atoms with Crippen LogP contribution in [0.4, 0.5) is 11.4 Å². The molecule has 0 aliphatic rings. The lowest BCUT2D eigenvalue weighted by Gasteiger charge is -2.11. The van der Waals surface area contributed by atoms with Gasteiger partial charge < -0.3 is 5.32 Å². The minimum Gasteiger partial charge on any atom is -0.325 e. The van der Waals surface area contributed by atoms with E-state index in [9.17, 15) is 14.9 Å². The molecular weight excluding hydrogens is 324 g/mol. The number of para-hydroxylation sites is 1. The Kier molecular flexibility index (Phi) is 4.47. The number of carbonyl (C=O) groups is 1. The summed E-state index contributed by atoms with van der Waals surface area (Å²) < 4.78 is 0. The van der Waals surface area contributed by atoms with Gasteiger partial charge in [-0.2, -0.15) is 0 Å². The van der Waals surface area contributed by atoms with Gasteiger partial charge in [0.05, 0.1) is 4.92 Å². The SMILES string of the molecule is O=C(Nc1ccccc1)[C@H](Br)c1ccc([N+](=O)[O-])cc1. The summed E-state index contributed by atoms with van der Waals surface area (Å²) in [5, 5.41) is 13.3. The lowest BCUT2D eigenvalue weighted by Crippen LogP contribution is -2.16. The van der Waals surface area contributed by atoms with E-state index in [0.717, 1.165) is 0 Å². The average Bonchev–Trinajstić information content (AvgIpc) is 2.47. The van der Waals surface area contributed by atoms with Gasteiger partial charge in [-0.3, -0.25) is 14.9 Å². The highest BCUT2D eigenvalue weighted by molar-refractivity contribution is 9.09. The molecule has 0 aliphatic carbocycles. The maximum Gasteiger partial charge on any atom is 0.269 e. The van der Waals surface area contributed by atoms with Crippen molar-refractivity contribution < 1.29 is 9.72 Å². The summed E-state index contributed by atoms with van der Waals surface area (Å²) in [5.74, 6) is -0.231. The quantitative estimate of drug-likeness (QED) is 0.526. The van der Waals surface area contributed by atoms with Crippen LogP contribution in [0.3, 0.4) is 0 Å². The third-order valence-corrected chi connectivity index (χ3v) is 3.61. The van der Waals surface area contributed by atoms with Crippen LogP contribution in [0.25, 0.3) is 0 Å². The molecule has 6 heteroatoms. The lowest BCUT2D eigenvalue weighted by atomic mass is 10.1. The van der Waals surface area contributed by atoms with Crippen molar-refractivity contribution in [2.75, 3.05) is 5.32 Å². The molecule has 0 radical (unpaired) electrons. The van der Waals surface area contributed by atoms with Crippen molar-refractivity contribution in [3.63, 3.8) is 0 Å². The normalized spacial score (nSPS) is 11.7. The Bertz CT molecular complexity index is 614. The van der Waals surface area contributed by atoms with Crippen LogP contribution in [0.1, 0.15) is 10.4 Å². The molecule has 1 N–H and O–H groups in total. The second-order valence-corrected chi connectivity index (χ2v) is 4.98. The Hall–Kier alpha value is -2.21. The number of hydrogen-bond acceptors (Lipinski definition) is 3. The summed E-state index contributed by atoms with van der Waals surface area (Å²) in [6.07, 6.45) is 0. The number of benzene rings is 2. The Morgan fingerprint density at radius 2 is 1.70 bits per heavy atom. The summed E-state index contributed by atoms with van der Waals surface area (Å²) in [5.41, 5.74) is 1.35. The summed E-state index contributed by atoms with van der Waals surface area (Å²) in [6, 6.07) is 14.9. The minimum atomic E-state index is -0.566. The molecule has 102 valence electrons. The van der Waals surface area contributed by atoms with Crippen LogP contribution in [-0.2, 0) is 4.79 Å². The number of hydrogen-bond donors (Lipinski definition) is 1. The Balaban J connectivity index is 2.08. The van der Waals surface area contributed by atoms with E-state index >= 15 is 0 Å². The number of amides is 1. The van der Waals surface area contributed by atoms with E-state index in [1.165, 1.54) is 12.1 Å². The second kappa shape index (κ2) is 6.29. The maximum atomic E-state index is 12.0. The van der Waals surface area contributed by atoms with Crippen molar-refractivity contribution in [2.45, 2.75) is 4.83 Å². The van der Waals surface area contributed by atoms with Crippen molar-refractivity contribution in [3.8, 4) is 0 Å². The van der Waals surface area contributed by atoms with Gasteiger partial charge in [-0.25, -0.2) is 0 Å². The van der Waals surface area contributed by atoms with Crippen LogP contribution in [0, 0.1) is 10.1 Å². The van der Waals surface area contributed by atoms with Crippen LogP contribution in [0.5, 0.6) is 0 Å². The van der Waals surface area contributed by atoms with E-state index in [-0.39, 0.29) is 11.6 Å². The molecule has 0 fully saturated rings. The standard InChI is InChI=1S/C14H11BrN2O3/c15-13(10-6-8-12(9-7-10)17(19)20)14(18)16-11-4-2-1-3-5-11/h1-9,13H,(H,16,18)/t13-/m1/s1. The number of carbonyl (C=O) groups excluding carboxylic acids is 1. The Morgan fingerprint density at radius 3 is 2.25 bits per heavy atom. The second-order valence-electron chi connectivity index (χ2n) is 4.07. The first-order valence-electron chi connectivity index (χ1n) is 5.82. The van der Waals surface area contributed by atoms with Crippen molar-refractivity contribution in [1.82, 2.24) is 0 Å². The number of nitrogens with zero attached hydrogens (tertiary/aromatic N) is 1. The fourth-order valence-corrected chi connectivity index (χ4v) is 2.06. The molecule has 1 atom stereocenters. The Labute approximate surface area is 123 Å². The smallest absolute Gasteiger partial charge is 0.269 e. The van der Waals surface area contributed by atoms with Gasteiger partial charge in [-0.15, -0.1) is 0 Å². The fraction of sp³-hybridized carbons (Fsp3) is 0.0714. The van der Waals surface area contributed by atoms with Crippen LogP contribution >= 0.6 is 15.9 Å². The number of non-ortho nitro benzene ring substituents is 1. The first-order valence-corrected chi connectivity index (χ1v) is 6.74. The lowest BCUT2D eigenvalue weighted by molar-refractivity contribution is -0.384. The fourth-order valence-electron chi connectivity index (χ4n) is 1.64. The van der Waals surface area contributed by atoms with Crippen molar-refractivity contribution in [2.24, 2.45) is 0 Å². The predicted molar refractivity (Wildman–Crippen MR) is 79.8 cm³/mol. The van der Waals surface area contributed by atoms with Crippen LogP contribution in [0.2, 0.25) is 0 Å². The van der Waals surface area contributed by atoms with Gasteiger partial charge in [0.15, 0.2) is 0 Å². The van der Waals surface area contributed by atoms with Crippen molar-refractivity contribution in [3.05, 3.63) is 70.3 Å². The monoisotopic (exact) mass is 334 g/mol. The van der Waals surface area contributed by atoms with Gasteiger partial charge in [0.25, 0.3) is 5.69 Å². The zero-order chi connectivity index (χ0) is 14.5. The van der Waals surface area contributed by atoms with Crippen LogP contribution < -0.4 is 5.32 Å². The van der Waals surface area contributed by atoms with E-state index in [2.05, 4.69) is 21.2 Å². The van der Waals surface area contributed by atoms with Crippen molar-refractivity contribution in [1.29, 1.82) is 0 Å². The highest BCUT2D eigenvalue weighted by atomic mass is 79.9. The molecule has 0 saturated carbocycles. The van der Waals surface area contributed by atoms with Gasteiger partial charge in [-0.05, 0) is 17.7 Å². The number of nitro benzene ring substituents is 1. The molecule has 0 aromatic heterocycles. The number of rotatable bonds is 4. The summed E-state index contributed by atoms with van der Waals surface area (Å²) in [4.78, 5) is 21.6. The third kappa shape index (κ3) is 3.42. The maximum absolute atomic E-state index is 12.0. The number of anilines is 1. The molecule has 0 aliphatic heterocycles. The zero-order valence-corrected chi connectivity index (χ0v) is 11.9. The molecule has 0 spiro atoms. The minimum absolute atomic E-state index is 0.00285. The van der Waals surface area contributed by atoms with Crippen LogP contribution in [0.15, 0.2) is 54.6 Å². The van der Waals surface area contributed by atoms with E-state index in [0.29, 0.717) is 11.3 Å². The molecular formula is C14H11BrN2O3. The van der Waals surface area contributed by atoms with E-state index in [1.54, 1.807) is 24.3 Å². The highest BCUT2D eigenvalue weighted by Crippen LogP contribution is 2.26. The molecule has 20 heavy (non-hydrogen) atoms. The molecule has 0 bridgehead atoms. The number of nitrogens with one attached hydrogen (secondary N) is 1. The van der Waals surface area contributed by atoms with Crippen LogP contribution in [-0.4, -0.2) is 10.8 Å². The first-order chi connectivity index (χ1) is 9.58. The first kappa shape index (κ1) is 14.2. The van der Waals surface area contributed by atoms with Gasteiger partial charge >= 0.3 is 0 Å². The predicted octanol–water partition coefficient (Wildman–Crippen LogP) is 3.67. The molecule has 2 aromatic carbocycles. The molecule has 0 saturated heterocycles. The van der Waals surface area contributed by atoms with E-state index in [1.807, 2.05) is 18.2 Å². The topological polar surface area (TPSA) is 72.2 Å². The summed E-state index contributed by atoms with van der Waals surface area (Å²) in [6.45, 7) is 0. The highest BCUT2D eigenvalue weighted by Gasteiger charge is 2.18. The molecule has 0 unspecified atom stereocenters. The number of halogens is 1.